The predicted octanol–water partition coefficient (Wildman–Crippen LogP) is 10.7. The van der Waals surface area contributed by atoms with Crippen LogP contribution in [0.5, 0.6) is 0 Å². The number of hydrogen-bond donors (Lipinski definition) is 1. The third-order valence-corrected chi connectivity index (χ3v) is 8.34. The van der Waals surface area contributed by atoms with Gasteiger partial charge in [0, 0.05) is 19.8 Å². The molecule has 0 saturated heterocycles. The molecule has 0 amide bonds. The molecule has 0 rings (SSSR count). The van der Waals surface area contributed by atoms with Crippen molar-refractivity contribution >= 4 is 17.7 Å². The summed E-state index contributed by atoms with van der Waals surface area (Å²) in [7, 11) is 0. The van der Waals surface area contributed by atoms with E-state index >= 15 is 0 Å². The average molecular weight is 635 g/mol. The third kappa shape index (κ3) is 29.2. The standard InChI is InChI=1S/C39H70O6/c1-4-6-8-10-12-14-16-18-19-21-22-24-26-28-30-32-37(41)39(43,34-44-36(3)40)35-45-38(42)33-31-29-27-25-23-20-17-15-13-11-9-7-5-2/h12,14,18-19,43H,4-11,13,15-17,20-35H2,1-3H3/b14-12-,19-18-. The van der Waals surface area contributed by atoms with Crippen LogP contribution in [0.4, 0.5) is 0 Å². The number of hydrogen-bond acceptors (Lipinski definition) is 6. The van der Waals surface area contributed by atoms with E-state index in [1.165, 1.54) is 96.8 Å². The first-order valence-electron chi connectivity index (χ1n) is 18.7. The summed E-state index contributed by atoms with van der Waals surface area (Å²) < 4.78 is 10.2. The highest BCUT2D eigenvalue weighted by Crippen LogP contribution is 2.17. The van der Waals surface area contributed by atoms with Crippen LogP contribution in [0.15, 0.2) is 24.3 Å². The van der Waals surface area contributed by atoms with Gasteiger partial charge < -0.3 is 14.6 Å². The monoisotopic (exact) mass is 635 g/mol. The van der Waals surface area contributed by atoms with Gasteiger partial charge in [0.05, 0.1) is 0 Å². The molecule has 1 N–H and O–H groups in total. The Hall–Kier alpha value is -1.95. The Morgan fingerprint density at radius 3 is 1.44 bits per heavy atom. The van der Waals surface area contributed by atoms with Crippen LogP contribution in [0.1, 0.15) is 188 Å². The summed E-state index contributed by atoms with van der Waals surface area (Å²) in [4.78, 5) is 36.5. The van der Waals surface area contributed by atoms with E-state index in [0.29, 0.717) is 6.42 Å². The van der Waals surface area contributed by atoms with Crippen molar-refractivity contribution in [3.05, 3.63) is 24.3 Å². The second-order valence-corrected chi connectivity index (χ2v) is 12.9. The van der Waals surface area contributed by atoms with Crippen molar-refractivity contribution in [2.24, 2.45) is 0 Å². The molecule has 0 spiro atoms. The first-order chi connectivity index (χ1) is 21.9. The minimum atomic E-state index is -1.99. The molecule has 0 aromatic heterocycles. The molecule has 0 aliphatic heterocycles. The van der Waals surface area contributed by atoms with Gasteiger partial charge in [-0.15, -0.1) is 0 Å². The molecule has 0 saturated carbocycles. The van der Waals surface area contributed by atoms with Gasteiger partial charge in [-0.1, -0.05) is 147 Å². The van der Waals surface area contributed by atoms with Crippen molar-refractivity contribution in [2.45, 2.75) is 193 Å². The molecule has 1 atom stereocenters. The first kappa shape index (κ1) is 43.0. The zero-order chi connectivity index (χ0) is 33.3. The van der Waals surface area contributed by atoms with Crippen molar-refractivity contribution in [3.8, 4) is 0 Å². The Kier molecular flexibility index (Phi) is 30.6. The number of Topliss-reactive ketones (excluding diaryl/α,β-unsaturated/α-hetero) is 1. The van der Waals surface area contributed by atoms with Gasteiger partial charge in [-0.25, -0.2) is 0 Å². The summed E-state index contributed by atoms with van der Waals surface area (Å²) in [6.45, 7) is 4.73. The van der Waals surface area contributed by atoms with Crippen molar-refractivity contribution in [1.82, 2.24) is 0 Å². The number of ketones is 1. The molecule has 1 unspecified atom stereocenters. The lowest BCUT2D eigenvalue weighted by molar-refractivity contribution is -0.168. The molecule has 6 heteroatoms. The molecular formula is C39H70O6. The third-order valence-electron chi connectivity index (χ3n) is 8.34. The Bertz CT molecular complexity index is 773. The molecule has 0 aromatic carbocycles. The lowest BCUT2D eigenvalue weighted by Gasteiger charge is -2.25. The Morgan fingerprint density at radius 1 is 0.533 bits per heavy atom. The summed E-state index contributed by atoms with van der Waals surface area (Å²) >= 11 is 0. The van der Waals surface area contributed by atoms with E-state index in [0.717, 1.165) is 57.8 Å². The quantitative estimate of drug-likeness (QED) is 0.0439. The van der Waals surface area contributed by atoms with E-state index in [4.69, 9.17) is 9.47 Å². The van der Waals surface area contributed by atoms with Crippen LogP contribution < -0.4 is 0 Å². The topological polar surface area (TPSA) is 89.9 Å². The second-order valence-electron chi connectivity index (χ2n) is 12.9. The van der Waals surface area contributed by atoms with Crippen LogP contribution in [0.2, 0.25) is 0 Å². The Morgan fingerprint density at radius 2 is 0.933 bits per heavy atom. The van der Waals surface area contributed by atoms with Gasteiger partial charge in [0.1, 0.15) is 13.2 Å². The highest BCUT2D eigenvalue weighted by Gasteiger charge is 2.38. The number of esters is 2. The van der Waals surface area contributed by atoms with Crippen LogP contribution in [-0.2, 0) is 23.9 Å². The number of aliphatic hydroxyl groups is 1. The molecule has 0 aliphatic rings. The molecule has 262 valence electrons. The summed E-state index contributed by atoms with van der Waals surface area (Å²) in [6.07, 6.45) is 37.2. The molecule has 0 fully saturated rings. The molecular weight excluding hydrogens is 564 g/mol. The molecule has 0 bridgehead atoms. The maximum absolute atomic E-state index is 12.9. The zero-order valence-corrected chi connectivity index (χ0v) is 29.6. The fourth-order valence-electron chi connectivity index (χ4n) is 5.31. The van der Waals surface area contributed by atoms with Gasteiger partial charge in [-0.05, 0) is 44.9 Å². The number of allylic oxidation sites excluding steroid dienone is 4. The van der Waals surface area contributed by atoms with Gasteiger partial charge in [-0.3, -0.25) is 14.4 Å². The predicted molar refractivity (Wildman–Crippen MR) is 187 cm³/mol. The molecule has 0 heterocycles. The number of carbonyl (C=O) groups excluding carboxylic acids is 3. The maximum atomic E-state index is 12.9. The van der Waals surface area contributed by atoms with E-state index in [1.807, 2.05) is 0 Å². The van der Waals surface area contributed by atoms with E-state index in [-0.39, 0.29) is 12.8 Å². The number of unbranched alkanes of at least 4 members (excludes halogenated alkanes) is 20. The molecule has 45 heavy (non-hydrogen) atoms. The number of carbonyl (C=O) groups is 3. The van der Waals surface area contributed by atoms with E-state index in [1.54, 1.807) is 0 Å². The van der Waals surface area contributed by atoms with Gasteiger partial charge in [0.15, 0.2) is 11.4 Å². The smallest absolute Gasteiger partial charge is 0.305 e. The summed E-state index contributed by atoms with van der Waals surface area (Å²) in [5.74, 6) is -1.45. The summed E-state index contributed by atoms with van der Waals surface area (Å²) in [5, 5.41) is 11.0. The highest BCUT2D eigenvalue weighted by atomic mass is 16.6. The SMILES string of the molecule is CCCCC/C=C\C/C=C\CCCCCCCC(=O)C(O)(COC(C)=O)COC(=O)CCCCCCCCCCCCCCC. The average Bonchev–Trinajstić information content (AvgIpc) is 3.03. The lowest BCUT2D eigenvalue weighted by Crippen LogP contribution is -2.48. The molecule has 0 aromatic rings. The minimum Gasteiger partial charge on any atom is -0.462 e. The maximum Gasteiger partial charge on any atom is 0.305 e. The molecule has 0 radical (unpaired) electrons. The summed E-state index contributed by atoms with van der Waals surface area (Å²) in [6, 6.07) is 0. The number of rotatable bonds is 33. The van der Waals surface area contributed by atoms with Gasteiger partial charge >= 0.3 is 11.9 Å². The van der Waals surface area contributed by atoms with Gasteiger partial charge in [0.25, 0.3) is 0 Å². The van der Waals surface area contributed by atoms with Crippen LogP contribution >= 0.6 is 0 Å². The molecule has 0 aliphatic carbocycles. The Labute approximate surface area is 277 Å². The van der Waals surface area contributed by atoms with Crippen molar-refractivity contribution in [2.75, 3.05) is 13.2 Å². The fraction of sp³-hybridized carbons (Fsp3) is 0.821. The summed E-state index contributed by atoms with van der Waals surface area (Å²) in [5.41, 5.74) is -1.99. The molecule has 6 nitrogen and oxygen atoms in total. The highest BCUT2D eigenvalue weighted by molar-refractivity contribution is 5.88. The van der Waals surface area contributed by atoms with Crippen LogP contribution in [0, 0.1) is 0 Å². The van der Waals surface area contributed by atoms with Crippen LogP contribution in [0.3, 0.4) is 0 Å². The Balaban J connectivity index is 4.06. The largest absolute Gasteiger partial charge is 0.462 e. The van der Waals surface area contributed by atoms with Crippen molar-refractivity contribution in [3.63, 3.8) is 0 Å². The van der Waals surface area contributed by atoms with Gasteiger partial charge in [-0.2, -0.15) is 0 Å². The normalized spacial score (nSPS) is 13.0. The van der Waals surface area contributed by atoms with Crippen LogP contribution in [0.25, 0.3) is 0 Å². The van der Waals surface area contributed by atoms with E-state index < -0.39 is 36.5 Å². The number of ether oxygens (including phenoxy) is 2. The zero-order valence-electron chi connectivity index (χ0n) is 29.6. The lowest BCUT2D eigenvalue weighted by atomic mass is 9.95. The van der Waals surface area contributed by atoms with E-state index in [2.05, 4.69) is 38.2 Å². The van der Waals surface area contributed by atoms with Crippen LogP contribution in [-0.4, -0.2) is 41.6 Å². The minimum absolute atomic E-state index is 0.165. The first-order valence-corrected chi connectivity index (χ1v) is 18.7. The fourth-order valence-corrected chi connectivity index (χ4v) is 5.31. The van der Waals surface area contributed by atoms with Crippen molar-refractivity contribution in [1.29, 1.82) is 0 Å². The van der Waals surface area contributed by atoms with E-state index in [9.17, 15) is 19.5 Å². The second kappa shape index (κ2) is 32.0. The van der Waals surface area contributed by atoms with Crippen molar-refractivity contribution < 1.29 is 29.0 Å². The van der Waals surface area contributed by atoms with Gasteiger partial charge in [0.2, 0.25) is 0 Å².